The van der Waals surface area contributed by atoms with Crippen LogP contribution in [0.15, 0.2) is 34.2 Å². The second-order valence-corrected chi connectivity index (χ2v) is 5.86. The molecule has 0 aliphatic carbocycles. The average molecular weight is 303 g/mol. The topological polar surface area (TPSA) is 75.8 Å². The van der Waals surface area contributed by atoms with E-state index in [4.69, 9.17) is 0 Å². The molecule has 1 fully saturated rings. The van der Waals surface area contributed by atoms with Crippen molar-refractivity contribution in [1.82, 2.24) is 4.90 Å². The number of carbonyl (C=O) groups is 1. The highest BCUT2D eigenvalue weighted by molar-refractivity contribution is 8.18. The molecule has 3 rings (SSSR count). The molecule has 1 aromatic rings. The minimum absolute atomic E-state index is 0.0385. The lowest BCUT2D eigenvalue weighted by molar-refractivity contribution is -0.384. The van der Waals surface area contributed by atoms with Crippen LogP contribution in [0, 0.1) is 10.1 Å². The first-order valence-electron chi connectivity index (χ1n) is 6.65. The van der Waals surface area contributed by atoms with Crippen molar-refractivity contribution >= 4 is 34.6 Å². The molecule has 7 heteroatoms. The van der Waals surface area contributed by atoms with Crippen molar-refractivity contribution in [3.63, 3.8) is 0 Å². The number of amidine groups is 1. The number of nitro benzene ring substituents is 1. The van der Waals surface area contributed by atoms with Gasteiger partial charge in [0.15, 0.2) is 5.17 Å². The van der Waals surface area contributed by atoms with E-state index in [1.807, 2.05) is 0 Å². The van der Waals surface area contributed by atoms with E-state index in [1.165, 1.54) is 23.9 Å². The smallest absolute Gasteiger partial charge is 0.286 e. The Kier molecular flexibility index (Phi) is 3.74. The highest BCUT2D eigenvalue weighted by Crippen LogP contribution is 2.31. The van der Waals surface area contributed by atoms with E-state index in [1.54, 1.807) is 18.2 Å². The molecule has 2 aliphatic heterocycles. The standard InChI is InChI=1S/C14H13N3O3S/c18-13-12(21-14(15-13)16-7-1-2-8-16)9-10-3-5-11(6-4-10)17(19)20/h3-6,9H,1-2,7-8H2. The lowest BCUT2D eigenvalue weighted by Crippen LogP contribution is -2.23. The minimum Gasteiger partial charge on any atom is -0.351 e. The molecular weight excluding hydrogens is 290 g/mol. The Hall–Kier alpha value is -2.15. The van der Waals surface area contributed by atoms with Gasteiger partial charge in [-0.05, 0) is 48.4 Å². The normalized spacial score (nSPS) is 20.2. The number of likely N-dealkylation sites (tertiary alicyclic amines) is 1. The van der Waals surface area contributed by atoms with Gasteiger partial charge in [0.05, 0.1) is 9.83 Å². The SMILES string of the molecule is O=C1N=C(N2CCCC2)SC1=Cc1ccc([N+](=O)[O-])cc1. The first-order valence-corrected chi connectivity index (χ1v) is 7.47. The van der Waals surface area contributed by atoms with Crippen LogP contribution in [0.3, 0.4) is 0 Å². The van der Waals surface area contributed by atoms with Crippen LogP contribution in [0.5, 0.6) is 0 Å². The van der Waals surface area contributed by atoms with Gasteiger partial charge in [-0.1, -0.05) is 0 Å². The summed E-state index contributed by atoms with van der Waals surface area (Å²) in [5.74, 6) is -0.236. The van der Waals surface area contributed by atoms with Gasteiger partial charge in [-0.25, -0.2) is 0 Å². The Morgan fingerprint density at radius 3 is 2.52 bits per heavy atom. The molecule has 1 amide bonds. The molecule has 0 unspecified atom stereocenters. The van der Waals surface area contributed by atoms with Crippen molar-refractivity contribution in [1.29, 1.82) is 0 Å². The maximum absolute atomic E-state index is 11.9. The monoisotopic (exact) mass is 303 g/mol. The van der Waals surface area contributed by atoms with E-state index in [2.05, 4.69) is 9.89 Å². The van der Waals surface area contributed by atoms with Crippen LogP contribution in [-0.4, -0.2) is 34.0 Å². The predicted molar refractivity (Wildman–Crippen MR) is 81.9 cm³/mol. The molecule has 0 bridgehead atoms. The van der Waals surface area contributed by atoms with E-state index in [0.717, 1.165) is 36.7 Å². The number of rotatable bonds is 2. The first kappa shape index (κ1) is 13.8. The number of nitro groups is 1. The summed E-state index contributed by atoms with van der Waals surface area (Å²) in [6.07, 6.45) is 3.99. The third kappa shape index (κ3) is 2.97. The summed E-state index contributed by atoms with van der Waals surface area (Å²) in [6.45, 7) is 1.90. The molecule has 0 saturated carbocycles. The summed E-state index contributed by atoms with van der Waals surface area (Å²) in [5, 5.41) is 11.4. The third-order valence-corrected chi connectivity index (χ3v) is 4.43. The number of amides is 1. The molecule has 0 N–H and O–H groups in total. The van der Waals surface area contributed by atoms with E-state index in [-0.39, 0.29) is 11.6 Å². The summed E-state index contributed by atoms with van der Waals surface area (Å²) in [5.41, 5.74) is 0.797. The van der Waals surface area contributed by atoms with Gasteiger partial charge in [-0.3, -0.25) is 14.9 Å². The molecule has 21 heavy (non-hydrogen) atoms. The van der Waals surface area contributed by atoms with Crippen LogP contribution >= 0.6 is 11.8 Å². The molecule has 0 radical (unpaired) electrons. The highest BCUT2D eigenvalue weighted by Gasteiger charge is 2.27. The van der Waals surface area contributed by atoms with Gasteiger partial charge >= 0.3 is 0 Å². The van der Waals surface area contributed by atoms with Gasteiger partial charge in [0.1, 0.15) is 0 Å². The van der Waals surface area contributed by atoms with Crippen LogP contribution in [0.1, 0.15) is 18.4 Å². The van der Waals surface area contributed by atoms with Crippen molar-refractivity contribution in [3.05, 3.63) is 44.8 Å². The molecule has 108 valence electrons. The van der Waals surface area contributed by atoms with Crippen molar-refractivity contribution in [2.75, 3.05) is 13.1 Å². The number of non-ortho nitro benzene ring substituents is 1. The lowest BCUT2D eigenvalue weighted by atomic mass is 10.2. The van der Waals surface area contributed by atoms with E-state index < -0.39 is 4.92 Å². The summed E-state index contributed by atoms with van der Waals surface area (Å²) in [7, 11) is 0. The van der Waals surface area contributed by atoms with Crippen LogP contribution in [-0.2, 0) is 4.79 Å². The Labute approximate surface area is 125 Å². The van der Waals surface area contributed by atoms with Crippen molar-refractivity contribution in [3.8, 4) is 0 Å². The number of thioether (sulfide) groups is 1. The number of nitrogens with zero attached hydrogens (tertiary/aromatic N) is 3. The number of benzene rings is 1. The van der Waals surface area contributed by atoms with Gasteiger partial charge in [0.2, 0.25) is 0 Å². The molecule has 2 heterocycles. The zero-order valence-electron chi connectivity index (χ0n) is 11.2. The molecule has 1 saturated heterocycles. The fraction of sp³-hybridized carbons (Fsp3) is 0.286. The average Bonchev–Trinajstić information content (AvgIpc) is 3.10. The van der Waals surface area contributed by atoms with Crippen LogP contribution in [0.4, 0.5) is 5.69 Å². The van der Waals surface area contributed by atoms with Crippen LogP contribution in [0.25, 0.3) is 6.08 Å². The number of aliphatic imine (C=N–C) groups is 1. The molecular formula is C14H13N3O3S. The van der Waals surface area contributed by atoms with Gasteiger partial charge in [0.25, 0.3) is 11.6 Å². The predicted octanol–water partition coefficient (Wildman–Crippen LogP) is 2.66. The molecule has 0 atom stereocenters. The van der Waals surface area contributed by atoms with Crippen LogP contribution < -0.4 is 0 Å². The van der Waals surface area contributed by atoms with E-state index in [0.29, 0.717) is 4.91 Å². The minimum atomic E-state index is -0.443. The molecule has 0 aromatic heterocycles. The largest absolute Gasteiger partial charge is 0.351 e. The second-order valence-electron chi connectivity index (χ2n) is 4.85. The maximum atomic E-state index is 11.9. The Balaban J connectivity index is 1.75. The lowest BCUT2D eigenvalue weighted by Gasteiger charge is -2.14. The second kappa shape index (κ2) is 5.69. The van der Waals surface area contributed by atoms with Gasteiger partial charge in [0, 0.05) is 25.2 Å². The highest BCUT2D eigenvalue weighted by atomic mass is 32.2. The number of hydrogen-bond donors (Lipinski definition) is 0. The third-order valence-electron chi connectivity index (χ3n) is 3.39. The van der Waals surface area contributed by atoms with Gasteiger partial charge < -0.3 is 4.90 Å². The Bertz CT molecular complexity index is 646. The zero-order valence-corrected chi connectivity index (χ0v) is 12.0. The Morgan fingerprint density at radius 2 is 1.90 bits per heavy atom. The molecule has 2 aliphatic rings. The molecule has 1 aromatic carbocycles. The van der Waals surface area contributed by atoms with Crippen molar-refractivity contribution in [2.24, 2.45) is 4.99 Å². The fourth-order valence-corrected chi connectivity index (χ4v) is 3.25. The van der Waals surface area contributed by atoms with Gasteiger partial charge in [-0.15, -0.1) is 0 Å². The Morgan fingerprint density at radius 1 is 1.24 bits per heavy atom. The van der Waals surface area contributed by atoms with Crippen LogP contribution in [0.2, 0.25) is 0 Å². The molecule has 6 nitrogen and oxygen atoms in total. The number of hydrogen-bond acceptors (Lipinski definition) is 5. The summed E-state index contributed by atoms with van der Waals surface area (Å²) in [6, 6.07) is 6.12. The summed E-state index contributed by atoms with van der Waals surface area (Å²) < 4.78 is 0. The quantitative estimate of drug-likeness (QED) is 0.477. The van der Waals surface area contributed by atoms with Crippen molar-refractivity contribution in [2.45, 2.75) is 12.8 Å². The zero-order chi connectivity index (χ0) is 14.8. The fourth-order valence-electron chi connectivity index (χ4n) is 2.29. The van der Waals surface area contributed by atoms with E-state index >= 15 is 0 Å². The van der Waals surface area contributed by atoms with Gasteiger partial charge in [-0.2, -0.15) is 4.99 Å². The van der Waals surface area contributed by atoms with Crippen molar-refractivity contribution < 1.29 is 9.72 Å². The first-order chi connectivity index (χ1) is 10.1. The molecule has 0 spiro atoms. The summed E-state index contributed by atoms with van der Waals surface area (Å²) >= 11 is 1.37. The summed E-state index contributed by atoms with van der Waals surface area (Å²) in [4.78, 5) is 28.8. The maximum Gasteiger partial charge on any atom is 0.286 e. The van der Waals surface area contributed by atoms with E-state index in [9.17, 15) is 14.9 Å². The number of carbonyl (C=O) groups excluding carboxylic acids is 1.